The molecule has 0 spiro atoms. The summed E-state index contributed by atoms with van der Waals surface area (Å²) in [5.74, 6) is 1.97. The standard InChI is InChI=1S/C23H24N2O3S/c1-16(17-6-7-17)25(20-8-10-21(27-2)11-9-20)23(26)18-4-3-5-22(12-18)28-13-19-14-29-15-24-19/h3-5,8-12,14-17H,6-7,13H2,1-2H3. The number of methoxy groups -OCH3 is 1. The second-order valence-electron chi connectivity index (χ2n) is 7.25. The Kier molecular flexibility index (Phi) is 5.81. The maximum Gasteiger partial charge on any atom is 0.258 e. The number of benzene rings is 2. The van der Waals surface area contributed by atoms with Crippen molar-refractivity contribution in [3.63, 3.8) is 0 Å². The summed E-state index contributed by atoms with van der Waals surface area (Å²) < 4.78 is 11.1. The van der Waals surface area contributed by atoms with Crippen LogP contribution in [0.2, 0.25) is 0 Å². The van der Waals surface area contributed by atoms with Crippen LogP contribution in [0.5, 0.6) is 11.5 Å². The number of anilines is 1. The summed E-state index contributed by atoms with van der Waals surface area (Å²) in [5, 5.41) is 1.96. The van der Waals surface area contributed by atoms with Gasteiger partial charge in [0.25, 0.3) is 5.91 Å². The van der Waals surface area contributed by atoms with E-state index in [-0.39, 0.29) is 11.9 Å². The highest BCUT2D eigenvalue weighted by atomic mass is 32.1. The van der Waals surface area contributed by atoms with Crippen LogP contribution in [0.15, 0.2) is 59.4 Å². The van der Waals surface area contributed by atoms with Crippen LogP contribution in [0.4, 0.5) is 5.69 Å². The van der Waals surface area contributed by atoms with Gasteiger partial charge in [-0.2, -0.15) is 0 Å². The van der Waals surface area contributed by atoms with E-state index in [4.69, 9.17) is 9.47 Å². The molecule has 1 aromatic heterocycles. The minimum Gasteiger partial charge on any atom is -0.497 e. The molecule has 0 radical (unpaired) electrons. The molecular weight excluding hydrogens is 384 g/mol. The second-order valence-corrected chi connectivity index (χ2v) is 7.97. The third-order valence-corrected chi connectivity index (χ3v) is 5.87. The molecule has 1 unspecified atom stereocenters. The summed E-state index contributed by atoms with van der Waals surface area (Å²) in [7, 11) is 1.64. The molecule has 6 heteroatoms. The monoisotopic (exact) mass is 408 g/mol. The average molecular weight is 409 g/mol. The molecule has 1 amide bonds. The smallest absolute Gasteiger partial charge is 0.258 e. The Labute approximate surface area is 174 Å². The number of thiazole rings is 1. The predicted octanol–water partition coefficient (Wildman–Crippen LogP) is 5.18. The highest BCUT2D eigenvalue weighted by molar-refractivity contribution is 7.07. The van der Waals surface area contributed by atoms with Crippen molar-refractivity contribution in [3.05, 3.63) is 70.7 Å². The van der Waals surface area contributed by atoms with Crippen LogP contribution in [-0.4, -0.2) is 24.0 Å². The van der Waals surface area contributed by atoms with E-state index in [1.807, 2.05) is 58.8 Å². The number of rotatable bonds is 8. The Bertz CT molecular complexity index is 953. The van der Waals surface area contributed by atoms with Crippen LogP contribution in [0.25, 0.3) is 0 Å². The van der Waals surface area contributed by atoms with Crippen molar-refractivity contribution in [2.45, 2.75) is 32.4 Å². The van der Waals surface area contributed by atoms with E-state index in [1.54, 1.807) is 12.6 Å². The third-order valence-electron chi connectivity index (χ3n) is 5.23. The van der Waals surface area contributed by atoms with E-state index >= 15 is 0 Å². The Balaban J connectivity index is 1.57. The average Bonchev–Trinajstić information content (AvgIpc) is 3.48. The Morgan fingerprint density at radius 1 is 1.21 bits per heavy atom. The molecule has 1 aliphatic rings. The van der Waals surface area contributed by atoms with Gasteiger partial charge in [-0.1, -0.05) is 6.07 Å². The van der Waals surface area contributed by atoms with Crippen LogP contribution >= 0.6 is 11.3 Å². The highest BCUT2D eigenvalue weighted by Gasteiger charge is 2.35. The molecule has 1 aliphatic carbocycles. The first-order chi connectivity index (χ1) is 14.2. The van der Waals surface area contributed by atoms with Gasteiger partial charge in [0.1, 0.15) is 18.1 Å². The summed E-state index contributed by atoms with van der Waals surface area (Å²) in [6.45, 7) is 2.52. The van der Waals surface area contributed by atoms with Crippen molar-refractivity contribution in [2.24, 2.45) is 5.92 Å². The van der Waals surface area contributed by atoms with Crippen molar-refractivity contribution in [2.75, 3.05) is 12.0 Å². The molecule has 0 saturated heterocycles. The van der Waals surface area contributed by atoms with Gasteiger partial charge in [-0.05, 0) is 68.1 Å². The summed E-state index contributed by atoms with van der Waals surface area (Å²) in [5.41, 5.74) is 4.16. The van der Waals surface area contributed by atoms with Gasteiger partial charge in [0.05, 0.1) is 18.3 Å². The van der Waals surface area contributed by atoms with Crippen molar-refractivity contribution in [1.82, 2.24) is 4.98 Å². The summed E-state index contributed by atoms with van der Waals surface area (Å²) >= 11 is 1.54. The molecule has 3 aromatic rings. The maximum absolute atomic E-state index is 13.5. The molecule has 29 heavy (non-hydrogen) atoms. The first kappa shape index (κ1) is 19.5. The number of hydrogen-bond acceptors (Lipinski definition) is 5. The van der Waals surface area contributed by atoms with Gasteiger partial charge in [-0.3, -0.25) is 4.79 Å². The zero-order valence-corrected chi connectivity index (χ0v) is 17.4. The van der Waals surface area contributed by atoms with Crippen LogP contribution in [-0.2, 0) is 6.61 Å². The first-order valence-electron chi connectivity index (χ1n) is 9.73. The van der Waals surface area contributed by atoms with Gasteiger partial charge in [-0.25, -0.2) is 4.98 Å². The molecular formula is C23H24N2O3S. The van der Waals surface area contributed by atoms with Gasteiger partial charge in [-0.15, -0.1) is 11.3 Å². The van der Waals surface area contributed by atoms with Crippen molar-refractivity contribution >= 4 is 22.9 Å². The summed E-state index contributed by atoms with van der Waals surface area (Å²) in [6, 6.07) is 15.2. The molecule has 1 atom stereocenters. The molecule has 1 heterocycles. The number of hydrogen-bond donors (Lipinski definition) is 0. The number of nitrogens with zero attached hydrogens (tertiary/aromatic N) is 2. The fourth-order valence-corrected chi connectivity index (χ4v) is 3.94. The molecule has 5 nitrogen and oxygen atoms in total. The maximum atomic E-state index is 13.5. The topological polar surface area (TPSA) is 51.7 Å². The van der Waals surface area contributed by atoms with Gasteiger partial charge in [0.2, 0.25) is 0 Å². The third kappa shape index (κ3) is 4.59. The molecule has 1 fully saturated rings. The van der Waals surface area contributed by atoms with Crippen LogP contribution in [0.3, 0.4) is 0 Å². The Morgan fingerprint density at radius 3 is 2.66 bits per heavy atom. The molecule has 4 rings (SSSR count). The molecule has 1 saturated carbocycles. The number of carbonyl (C=O) groups excluding carboxylic acids is 1. The largest absolute Gasteiger partial charge is 0.497 e. The van der Waals surface area contributed by atoms with E-state index in [0.29, 0.717) is 23.8 Å². The number of amides is 1. The van der Waals surface area contributed by atoms with Gasteiger partial charge in [0.15, 0.2) is 0 Å². The summed E-state index contributed by atoms with van der Waals surface area (Å²) in [6.07, 6.45) is 2.33. The van der Waals surface area contributed by atoms with E-state index in [0.717, 1.165) is 30.0 Å². The first-order valence-corrected chi connectivity index (χ1v) is 10.7. The van der Waals surface area contributed by atoms with Crippen molar-refractivity contribution in [1.29, 1.82) is 0 Å². The van der Waals surface area contributed by atoms with Gasteiger partial charge < -0.3 is 14.4 Å². The zero-order chi connectivity index (χ0) is 20.2. The second kappa shape index (κ2) is 8.66. The highest BCUT2D eigenvalue weighted by Crippen LogP contribution is 2.38. The summed E-state index contributed by atoms with van der Waals surface area (Å²) in [4.78, 5) is 19.6. The number of aromatic nitrogens is 1. The minimum absolute atomic E-state index is 0.0197. The number of carbonyl (C=O) groups is 1. The minimum atomic E-state index is -0.0197. The van der Waals surface area contributed by atoms with E-state index in [9.17, 15) is 4.79 Å². The molecule has 0 N–H and O–H groups in total. The SMILES string of the molecule is COc1ccc(N(C(=O)c2cccc(OCc3cscn3)c2)C(C)C2CC2)cc1. The molecule has 150 valence electrons. The Morgan fingerprint density at radius 2 is 2.00 bits per heavy atom. The lowest BCUT2D eigenvalue weighted by atomic mass is 10.1. The quantitative estimate of drug-likeness (QED) is 0.516. The molecule has 0 aliphatic heterocycles. The lowest BCUT2D eigenvalue weighted by molar-refractivity contribution is 0.0975. The predicted molar refractivity (Wildman–Crippen MR) is 115 cm³/mol. The van der Waals surface area contributed by atoms with Crippen LogP contribution in [0.1, 0.15) is 35.8 Å². The molecule has 2 aromatic carbocycles. The van der Waals surface area contributed by atoms with Gasteiger partial charge in [0, 0.05) is 22.7 Å². The van der Waals surface area contributed by atoms with E-state index in [1.165, 1.54) is 11.3 Å². The lowest BCUT2D eigenvalue weighted by Crippen LogP contribution is -2.40. The van der Waals surface area contributed by atoms with Crippen LogP contribution in [0, 0.1) is 5.92 Å². The molecule has 0 bridgehead atoms. The van der Waals surface area contributed by atoms with Gasteiger partial charge >= 0.3 is 0 Å². The fourth-order valence-electron chi connectivity index (χ4n) is 3.39. The van der Waals surface area contributed by atoms with Crippen molar-refractivity contribution in [3.8, 4) is 11.5 Å². The van der Waals surface area contributed by atoms with Crippen molar-refractivity contribution < 1.29 is 14.3 Å². The zero-order valence-electron chi connectivity index (χ0n) is 16.6. The number of ether oxygens (including phenoxy) is 2. The van der Waals surface area contributed by atoms with Crippen LogP contribution < -0.4 is 14.4 Å². The normalized spacial score (nSPS) is 14.3. The van der Waals surface area contributed by atoms with E-state index in [2.05, 4.69) is 11.9 Å². The lowest BCUT2D eigenvalue weighted by Gasteiger charge is -2.30. The fraction of sp³-hybridized carbons (Fsp3) is 0.304. The Hall–Kier alpha value is -2.86. The van der Waals surface area contributed by atoms with E-state index < -0.39 is 0 Å².